The number of ether oxygens (including phenoxy) is 1. The van der Waals surface area contributed by atoms with E-state index < -0.39 is 11.9 Å². The molecule has 7 heteroatoms. The molecule has 1 aromatic heterocycles. The maximum atomic E-state index is 13.0. The molecule has 1 aromatic carbocycles. The lowest BCUT2D eigenvalue weighted by Crippen LogP contribution is -2.31. The summed E-state index contributed by atoms with van der Waals surface area (Å²) in [6.45, 7) is 5.65. The van der Waals surface area contributed by atoms with E-state index in [2.05, 4.69) is 10.4 Å². The van der Waals surface area contributed by atoms with Crippen LogP contribution < -0.4 is 10.1 Å². The highest BCUT2D eigenvalue weighted by atomic mass is 35.5. The summed E-state index contributed by atoms with van der Waals surface area (Å²) in [4.78, 5) is 12.3. The van der Waals surface area contributed by atoms with Crippen molar-refractivity contribution in [2.45, 2.75) is 39.3 Å². The summed E-state index contributed by atoms with van der Waals surface area (Å²) in [7, 11) is 0. The Labute approximate surface area is 139 Å². The van der Waals surface area contributed by atoms with Gasteiger partial charge in [-0.05, 0) is 38.5 Å². The number of aromatic nitrogens is 2. The average Bonchev–Trinajstić information content (AvgIpc) is 2.97. The normalized spacial score (nSPS) is 13.4. The molecule has 0 saturated carbocycles. The van der Waals surface area contributed by atoms with E-state index in [1.165, 1.54) is 12.1 Å². The first-order chi connectivity index (χ1) is 10.9. The van der Waals surface area contributed by atoms with Gasteiger partial charge < -0.3 is 10.1 Å². The molecule has 1 heterocycles. The van der Waals surface area contributed by atoms with Crippen LogP contribution >= 0.6 is 11.6 Å². The minimum absolute atomic E-state index is 0.120. The lowest BCUT2D eigenvalue weighted by atomic mass is 10.3. The van der Waals surface area contributed by atoms with Gasteiger partial charge in [0.1, 0.15) is 17.4 Å². The molecule has 0 aliphatic rings. The Bertz CT molecular complexity index is 690. The van der Waals surface area contributed by atoms with Crippen molar-refractivity contribution in [1.82, 2.24) is 9.78 Å². The number of rotatable bonds is 6. The quantitative estimate of drug-likeness (QED) is 0.863. The van der Waals surface area contributed by atoms with Crippen LogP contribution in [-0.4, -0.2) is 21.8 Å². The van der Waals surface area contributed by atoms with E-state index in [0.717, 1.165) is 12.5 Å². The predicted molar refractivity (Wildman–Crippen MR) is 87.4 cm³/mol. The maximum absolute atomic E-state index is 13.0. The van der Waals surface area contributed by atoms with Gasteiger partial charge in [-0.3, -0.25) is 4.79 Å². The SMILES string of the molecule is CCC(C)n1nccc1NC(=O)C(C)Oc1ccc(F)cc1Cl. The highest BCUT2D eigenvalue weighted by Gasteiger charge is 2.19. The van der Waals surface area contributed by atoms with Gasteiger partial charge in [-0.25, -0.2) is 9.07 Å². The van der Waals surface area contributed by atoms with Crippen LogP contribution in [0.4, 0.5) is 10.2 Å². The molecule has 2 rings (SSSR count). The first-order valence-corrected chi connectivity index (χ1v) is 7.76. The van der Waals surface area contributed by atoms with Crippen LogP contribution in [0.5, 0.6) is 5.75 Å². The van der Waals surface area contributed by atoms with E-state index in [-0.39, 0.29) is 22.7 Å². The van der Waals surface area contributed by atoms with Crippen LogP contribution in [0.15, 0.2) is 30.5 Å². The monoisotopic (exact) mass is 339 g/mol. The molecule has 0 aliphatic carbocycles. The van der Waals surface area contributed by atoms with Crippen LogP contribution in [0.3, 0.4) is 0 Å². The van der Waals surface area contributed by atoms with Crippen molar-refractivity contribution in [2.24, 2.45) is 0 Å². The lowest BCUT2D eigenvalue weighted by molar-refractivity contribution is -0.122. The van der Waals surface area contributed by atoms with E-state index in [1.54, 1.807) is 23.9 Å². The molecule has 0 saturated heterocycles. The van der Waals surface area contributed by atoms with Crippen LogP contribution in [0.1, 0.15) is 33.2 Å². The van der Waals surface area contributed by atoms with Crippen LogP contribution in [-0.2, 0) is 4.79 Å². The van der Waals surface area contributed by atoms with Crippen LogP contribution in [0.25, 0.3) is 0 Å². The third-order valence-electron chi connectivity index (χ3n) is 3.50. The molecule has 0 radical (unpaired) electrons. The number of hydrogen-bond acceptors (Lipinski definition) is 3. The largest absolute Gasteiger partial charge is 0.479 e. The Balaban J connectivity index is 2.04. The number of benzene rings is 1. The van der Waals surface area contributed by atoms with E-state index in [0.29, 0.717) is 5.82 Å². The zero-order valence-corrected chi connectivity index (χ0v) is 14.0. The highest BCUT2D eigenvalue weighted by Crippen LogP contribution is 2.26. The highest BCUT2D eigenvalue weighted by molar-refractivity contribution is 6.32. The minimum atomic E-state index is -0.793. The smallest absolute Gasteiger partial charge is 0.266 e. The molecule has 1 amide bonds. The second kappa shape index (κ2) is 7.46. The number of anilines is 1. The molecule has 2 atom stereocenters. The van der Waals surface area contributed by atoms with E-state index >= 15 is 0 Å². The Morgan fingerprint density at radius 3 is 2.83 bits per heavy atom. The van der Waals surface area contributed by atoms with Crippen LogP contribution in [0, 0.1) is 5.82 Å². The molecule has 1 N–H and O–H groups in total. The first-order valence-electron chi connectivity index (χ1n) is 7.38. The number of amides is 1. The molecule has 0 spiro atoms. The fourth-order valence-corrected chi connectivity index (χ4v) is 2.19. The summed E-state index contributed by atoms with van der Waals surface area (Å²) in [6, 6.07) is 5.65. The van der Waals surface area contributed by atoms with E-state index in [9.17, 15) is 9.18 Å². The van der Waals surface area contributed by atoms with Crippen molar-refractivity contribution < 1.29 is 13.9 Å². The van der Waals surface area contributed by atoms with Gasteiger partial charge in [0.05, 0.1) is 17.3 Å². The van der Waals surface area contributed by atoms with Gasteiger partial charge in [0, 0.05) is 6.07 Å². The minimum Gasteiger partial charge on any atom is -0.479 e. The van der Waals surface area contributed by atoms with Crippen LogP contribution in [0.2, 0.25) is 5.02 Å². The summed E-state index contributed by atoms with van der Waals surface area (Å²) >= 11 is 5.90. The number of halogens is 2. The van der Waals surface area contributed by atoms with Crippen molar-refractivity contribution in [3.8, 4) is 5.75 Å². The van der Waals surface area contributed by atoms with Crippen molar-refractivity contribution in [3.05, 3.63) is 41.3 Å². The zero-order chi connectivity index (χ0) is 17.0. The number of carbonyl (C=O) groups excluding carboxylic acids is 1. The molecule has 23 heavy (non-hydrogen) atoms. The van der Waals surface area contributed by atoms with Gasteiger partial charge in [0.15, 0.2) is 6.10 Å². The molecule has 0 bridgehead atoms. The molecule has 5 nitrogen and oxygen atoms in total. The Morgan fingerprint density at radius 1 is 1.43 bits per heavy atom. The Hall–Kier alpha value is -2.08. The summed E-state index contributed by atoms with van der Waals surface area (Å²) in [5.41, 5.74) is 0. The third-order valence-corrected chi connectivity index (χ3v) is 3.79. The van der Waals surface area contributed by atoms with Crippen molar-refractivity contribution in [2.75, 3.05) is 5.32 Å². The Kier molecular flexibility index (Phi) is 5.60. The predicted octanol–water partition coefficient (Wildman–Crippen LogP) is 4.05. The number of nitrogens with one attached hydrogen (secondary N) is 1. The molecular weight excluding hydrogens is 321 g/mol. The molecule has 0 aliphatic heterocycles. The Morgan fingerprint density at radius 2 is 2.17 bits per heavy atom. The second-order valence-electron chi connectivity index (χ2n) is 5.24. The standard InChI is InChI=1S/C16H19ClFN3O2/c1-4-10(2)21-15(7-8-19-21)20-16(22)11(3)23-14-6-5-12(18)9-13(14)17/h5-11H,4H2,1-3H3,(H,20,22). The summed E-state index contributed by atoms with van der Waals surface area (Å²) in [5, 5.41) is 7.10. The van der Waals surface area contributed by atoms with Gasteiger partial charge in [0.25, 0.3) is 5.91 Å². The second-order valence-corrected chi connectivity index (χ2v) is 5.65. The van der Waals surface area contributed by atoms with Gasteiger partial charge in [0.2, 0.25) is 0 Å². The summed E-state index contributed by atoms with van der Waals surface area (Å²) in [5.74, 6) is 0.0588. The van der Waals surface area contributed by atoms with Crippen molar-refractivity contribution >= 4 is 23.3 Å². The van der Waals surface area contributed by atoms with Gasteiger partial charge in [-0.1, -0.05) is 18.5 Å². The fraction of sp³-hybridized carbons (Fsp3) is 0.375. The van der Waals surface area contributed by atoms with Crippen molar-refractivity contribution in [1.29, 1.82) is 0 Å². The van der Waals surface area contributed by atoms with Crippen molar-refractivity contribution in [3.63, 3.8) is 0 Å². The fourth-order valence-electron chi connectivity index (χ4n) is 1.98. The maximum Gasteiger partial charge on any atom is 0.266 e. The zero-order valence-electron chi connectivity index (χ0n) is 13.2. The topological polar surface area (TPSA) is 56.2 Å². The summed E-state index contributed by atoms with van der Waals surface area (Å²) in [6.07, 6.45) is 1.73. The van der Waals surface area contributed by atoms with Gasteiger partial charge in [-0.2, -0.15) is 5.10 Å². The van der Waals surface area contributed by atoms with Gasteiger partial charge >= 0.3 is 0 Å². The molecule has 2 aromatic rings. The molecule has 2 unspecified atom stereocenters. The number of hydrogen-bond donors (Lipinski definition) is 1. The molecule has 0 fully saturated rings. The first kappa shape index (κ1) is 17.3. The molecular formula is C16H19ClFN3O2. The summed E-state index contributed by atoms with van der Waals surface area (Å²) < 4.78 is 20.3. The lowest BCUT2D eigenvalue weighted by Gasteiger charge is -2.18. The number of carbonyl (C=O) groups is 1. The van der Waals surface area contributed by atoms with E-state index in [1.807, 2.05) is 13.8 Å². The molecule has 124 valence electrons. The van der Waals surface area contributed by atoms with E-state index in [4.69, 9.17) is 16.3 Å². The average molecular weight is 340 g/mol. The number of nitrogens with zero attached hydrogens (tertiary/aromatic N) is 2. The third kappa shape index (κ3) is 4.22. The van der Waals surface area contributed by atoms with Gasteiger partial charge in [-0.15, -0.1) is 0 Å².